The maximum absolute atomic E-state index is 12.9. The maximum atomic E-state index is 12.9. The molecule has 1 saturated heterocycles. The number of nitrogens with one attached hydrogen (secondary N) is 3. The molecule has 6 heteroatoms. The molecule has 3 N–H and O–H groups in total. The molecule has 1 aliphatic rings. The highest BCUT2D eigenvalue weighted by molar-refractivity contribution is 5.95. The Bertz CT molecular complexity index is 754. The summed E-state index contributed by atoms with van der Waals surface area (Å²) < 4.78 is 12.9. The normalized spacial score (nSPS) is 16.3. The van der Waals surface area contributed by atoms with Gasteiger partial charge < -0.3 is 16.0 Å². The van der Waals surface area contributed by atoms with Crippen molar-refractivity contribution in [3.05, 3.63) is 65.5 Å². The first kappa shape index (κ1) is 18.1. The summed E-state index contributed by atoms with van der Waals surface area (Å²) in [6.07, 6.45) is 2.60. The van der Waals surface area contributed by atoms with E-state index in [1.807, 2.05) is 0 Å². The molecule has 1 fully saturated rings. The van der Waals surface area contributed by atoms with Crippen molar-refractivity contribution in [2.75, 3.05) is 11.9 Å². The number of carbonyl (C=O) groups is 2. The van der Waals surface area contributed by atoms with Crippen LogP contribution in [-0.4, -0.2) is 24.4 Å². The Hall–Kier alpha value is -2.73. The first-order chi connectivity index (χ1) is 12.6. The van der Waals surface area contributed by atoms with Crippen LogP contribution >= 0.6 is 0 Å². The Morgan fingerprint density at radius 3 is 2.46 bits per heavy atom. The molecule has 0 aromatic heterocycles. The van der Waals surface area contributed by atoms with Crippen molar-refractivity contribution in [3.63, 3.8) is 0 Å². The number of anilines is 1. The van der Waals surface area contributed by atoms with Crippen LogP contribution in [0.25, 0.3) is 0 Å². The van der Waals surface area contributed by atoms with E-state index in [1.54, 1.807) is 36.4 Å². The van der Waals surface area contributed by atoms with Gasteiger partial charge in [0.15, 0.2) is 0 Å². The standard InChI is InChI=1S/C20H22FN3O2/c21-16-7-3-14(4-8-16)13-23-20(26)15-5-9-17(10-6-15)24-19(25)12-18-2-1-11-22-18/h3-10,18,22H,1-2,11-13H2,(H,23,26)(H,24,25). The predicted octanol–water partition coefficient (Wildman–Crippen LogP) is 2.84. The summed E-state index contributed by atoms with van der Waals surface area (Å²) >= 11 is 0. The molecule has 0 aliphatic carbocycles. The SMILES string of the molecule is O=C(CC1CCCN1)Nc1ccc(C(=O)NCc2ccc(F)cc2)cc1. The second kappa shape index (κ2) is 8.58. The van der Waals surface area contributed by atoms with E-state index in [2.05, 4.69) is 16.0 Å². The van der Waals surface area contributed by atoms with Gasteiger partial charge >= 0.3 is 0 Å². The van der Waals surface area contributed by atoms with Gasteiger partial charge in [-0.1, -0.05) is 12.1 Å². The van der Waals surface area contributed by atoms with E-state index in [0.29, 0.717) is 24.2 Å². The van der Waals surface area contributed by atoms with Crippen LogP contribution in [0.2, 0.25) is 0 Å². The fourth-order valence-electron chi connectivity index (χ4n) is 2.96. The summed E-state index contributed by atoms with van der Waals surface area (Å²) in [4.78, 5) is 24.2. The first-order valence-electron chi connectivity index (χ1n) is 8.76. The highest BCUT2D eigenvalue weighted by atomic mass is 19.1. The molecule has 2 aromatic carbocycles. The number of amides is 2. The number of carbonyl (C=O) groups excluding carboxylic acids is 2. The molecule has 0 spiro atoms. The van der Waals surface area contributed by atoms with Crippen LogP contribution in [-0.2, 0) is 11.3 Å². The first-order valence-corrected chi connectivity index (χ1v) is 8.76. The van der Waals surface area contributed by atoms with Gasteiger partial charge in [0.05, 0.1) is 0 Å². The predicted molar refractivity (Wildman–Crippen MR) is 98.3 cm³/mol. The number of halogens is 1. The Balaban J connectivity index is 1.49. The molecule has 2 aromatic rings. The van der Waals surface area contributed by atoms with Crippen LogP contribution in [0.4, 0.5) is 10.1 Å². The van der Waals surface area contributed by atoms with E-state index in [1.165, 1.54) is 12.1 Å². The van der Waals surface area contributed by atoms with E-state index in [9.17, 15) is 14.0 Å². The molecule has 2 amide bonds. The largest absolute Gasteiger partial charge is 0.348 e. The van der Waals surface area contributed by atoms with Crippen LogP contribution < -0.4 is 16.0 Å². The Morgan fingerprint density at radius 1 is 1.08 bits per heavy atom. The van der Waals surface area contributed by atoms with Gasteiger partial charge in [0.25, 0.3) is 5.91 Å². The number of hydrogen-bond donors (Lipinski definition) is 3. The third kappa shape index (κ3) is 5.13. The van der Waals surface area contributed by atoms with Gasteiger partial charge in [0, 0.05) is 30.3 Å². The van der Waals surface area contributed by atoms with E-state index in [-0.39, 0.29) is 23.7 Å². The van der Waals surface area contributed by atoms with Gasteiger partial charge in [-0.05, 0) is 61.3 Å². The number of benzene rings is 2. The Kier molecular flexibility index (Phi) is 5.96. The zero-order chi connectivity index (χ0) is 18.4. The minimum atomic E-state index is -0.304. The zero-order valence-corrected chi connectivity index (χ0v) is 14.4. The summed E-state index contributed by atoms with van der Waals surface area (Å²) in [6, 6.07) is 13.0. The van der Waals surface area contributed by atoms with Crippen LogP contribution in [0.15, 0.2) is 48.5 Å². The highest BCUT2D eigenvalue weighted by Crippen LogP contribution is 2.13. The van der Waals surface area contributed by atoms with Crippen molar-refractivity contribution in [1.29, 1.82) is 0 Å². The van der Waals surface area contributed by atoms with Crippen molar-refractivity contribution in [3.8, 4) is 0 Å². The van der Waals surface area contributed by atoms with Crippen LogP contribution in [0.3, 0.4) is 0 Å². The maximum Gasteiger partial charge on any atom is 0.251 e. The molecule has 5 nitrogen and oxygen atoms in total. The van der Waals surface area contributed by atoms with Gasteiger partial charge in [-0.2, -0.15) is 0 Å². The summed E-state index contributed by atoms with van der Waals surface area (Å²) in [5, 5.41) is 8.93. The van der Waals surface area contributed by atoms with Gasteiger partial charge in [-0.3, -0.25) is 9.59 Å². The molecule has 0 radical (unpaired) electrons. The lowest BCUT2D eigenvalue weighted by molar-refractivity contribution is -0.116. The summed E-state index contributed by atoms with van der Waals surface area (Å²) in [6.45, 7) is 1.30. The fraction of sp³-hybridized carbons (Fsp3) is 0.300. The van der Waals surface area contributed by atoms with Crippen molar-refractivity contribution in [2.45, 2.75) is 31.8 Å². The molecule has 26 heavy (non-hydrogen) atoms. The van der Waals surface area contributed by atoms with E-state index in [0.717, 1.165) is 24.9 Å². The third-order valence-electron chi connectivity index (χ3n) is 4.39. The second-order valence-electron chi connectivity index (χ2n) is 6.43. The topological polar surface area (TPSA) is 70.2 Å². The third-order valence-corrected chi connectivity index (χ3v) is 4.39. The van der Waals surface area contributed by atoms with Crippen molar-refractivity contribution < 1.29 is 14.0 Å². The zero-order valence-electron chi connectivity index (χ0n) is 14.4. The molecule has 1 aliphatic heterocycles. The lowest BCUT2D eigenvalue weighted by atomic mass is 10.1. The minimum absolute atomic E-state index is 0.0297. The van der Waals surface area contributed by atoms with Crippen molar-refractivity contribution in [2.24, 2.45) is 0 Å². The van der Waals surface area contributed by atoms with Crippen LogP contribution in [0.1, 0.15) is 35.2 Å². The van der Waals surface area contributed by atoms with Crippen LogP contribution in [0.5, 0.6) is 0 Å². The highest BCUT2D eigenvalue weighted by Gasteiger charge is 2.17. The van der Waals surface area contributed by atoms with Gasteiger partial charge in [-0.15, -0.1) is 0 Å². The Morgan fingerprint density at radius 2 is 1.81 bits per heavy atom. The lowest BCUT2D eigenvalue weighted by Crippen LogP contribution is -2.27. The number of rotatable bonds is 6. The monoisotopic (exact) mass is 355 g/mol. The van der Waals surface area contributed by atoms with Gasteiger partial charge in [-0.25, -0.2) is 4.39 Å². The molecule has 0 saturated carbocycles. The molecule has 1 atom stereocenters. The smallest absolute Gasteiger partial charge is 0.251 e. The van der Waals surface area contributed by atoms with Crippen molar-refractivity contribution in [1.82, 2.24) is 10.6 Å². The molecule has 0 bridgehead atoms. The summed E-state index contributed by atoms with van der Waals surface area (Å²) in [7, 11) is 0. The fourth-order valence-corrected chi connectivity index (χ4v) is 2.96. The van der Waals surface area contributed by atoms with Crippen LogP contribution in [0, 0.1) is 5.82 Å². The van der Waals surface area contributed by atoms with E-state index in [4.69, 9.17) is 0 Å². The van der Waals surface area contributed by atoms with Gasteiger partial charge in [0.1, 0.15) is 5.82 Å². The van der Waals surface area contributed by atoms with Crippen molar-refractivity contribution >= 4 is 17.5 Å². The quantitative estimate of drug-likeness (QED) is 0.746. The second-order valence-corrected chi connectivity index (χ2v) is 6.43. The summed E-state index contributed by atoms with van der Waals surface area (Å²) in [5.41, 5.74) is 2.00. The van der Waals surface area contributed by atoms with E-state index >= 15 is 0 Å². The summed E-state index contributed by atoms with van der Waals surface area (Å²) in [5.74, 6) is -0.554. The van der Waals surface area contributed by atoms with E-state index < -0.39 is 0 Å². The molecular weight excluding hydrogens is 333 g/mol. The minimum Gasteiger partial charge on any atom is -0.348 e. The number of hydrogen-bond acceptors (Lipinski definition) is 3. The molecule has 3 rings (SSSR count). The molecule has 136 valence electrons. The average molecular weight is 355 g/mol. The molecular formula is C20H22FN3O2. The van der Waals surface area contributed by atoms with Gasteiger partial charge in [0.2, 0.25) is 5.91 Å². The Labute approximate surface area is 152 Å². The molecule has 1 heterocycles. The molecule has 1 unspecified atom stereocenters. The lowest BCUT2D eigenvalue weighted by Gasteiger charge is -2.11. The average Bonchev–Trinajstić information content (AvgIpc) is 3.14.